The lowest BCUT2D eigenvalue weighted by molar-refractivity contribution is -0.120. The average molecular weight is 415 g/mol. The Hall–Kier alpha value is -3.21. The first kappa shape index (κ1) is 21.0. The van der Waals surface area contributed by atoms with Gasteiger partial charge in [0.05, 0.1) is 5.92 Å². The Morgan fingerprint density at radius 3 is 2.32 bits per heavy atom. The van der Waals surface area contributed by atoms with Crippen LogP contribution in [0, 0.1) is 12.8 Å². The molecule has 160 valence electrons. The molecule has 1 atom stereocenters. The van der Waals surface area contributed by atoms with Crippen LogP contribution >= 0.6 is 0 Å². The summed E-state index contributed by atoms with van der Waals surface area (Å²) in [6, 6.07) is 16.5. The summed E-state index contributed by atoms with van der Waals surface area (Å²) in [6.45, 7) is 7.92. The molecule has 0 aliphatic carbocycles. The number of hydrogen-bond donors (Lipinski definition) is 1. The predicted octanol–water partition coefficient (Wildman–Crippen LogP) is 5.43. The molecule has 0 radical (unpaired) electrons. The monoisotopic (exact) mass is 414 g/mol. The van der Waals surface area contributed by atoms with Gasteiger partial charge in [-0.25, -0.2) is 9.97 Å². The van der Waals surface area contributed by atoms with Crippen molar-refractivity contribution in [3.63, 3.8) is 0 Å². The summed E-state index contributed by atoms with van der Waals surface area (Å²) in [5, 5.41) is 3.08. The van der Waals surface area contributed by atoms with Crippen LogP contribution in [0.4, 0.5) is 11.6 Å². The van der Waals surface area contributed by atoms with Gasteiger partial charge < -0.3 is 10.2 Å². The van der Waals surface area contributed by atoms with E-state index in [-0.39, 0.29) is 11.8 Å². The molecule has 0 unspecified atom stereocenters. The highest BCUT2D eigenvalue weighted by molar-refractivity contribution is 5.93. The van der Waals surface area contributed by atoms with Gasteiger partial charge >= 0.3 is 0 Å². The second kappa shape index (κ2) is 9.29. The molecule has 2 heterocycles. The molecule has 1 fully saturated rings. The molecule has 1 aliphatic rings. The lowest BCUT2D eigenvalue weighted by Crippen LogP contribution is -2.41. The van der Waals surface area contributed by atoms with Crippen molar-refractivity contribution in [2.45, 2.75) is 39.5 Å². The van der Waals surface area contributed by atoms with E-state index in [1.165, 1.54) is 11.1 Å². The van der Waals surface area contributed by atoms with Crippen LogP contribution in [0.5, 0.6) is 0 Å². The molecule has 0 saturated carbocycles. The number of benzene rings is 2. The standard InChI is InChI=1S/C26H30N4O/c1-18(2)20-10-12-24(13-11-20)29-25(31)22-5-4-14-30(17-22)26-27-15-23(16-28-26)21-8-6-19(3)7-9-21/h6-13,15-16,18,22H,4-5,14,17H2,1-3H3,(H,29,31)/t22-/m1/s1. The number of carbonyl (C=O) groups is 1. The minimum absolute atomic E-state index is 0.0678. The lowest BCUT2D eigenvalue weighted by Gasteiger charge is -2.32. The number of aryl methyl sites for hydroxylation is 1. The average Bonchev–Trinajstić information content (AvgIpc) is 2.80. The van der Waals surface area contributed by atoms with E-state index in [9.17, 15) is 4.79 Å². The number of hydrogen-bond acceptors (Lipinski definition) is 4. The van der Waals surface area contributed by atoms with Crippen LogP contribution in [-0.4, -0.2) is 29.0 Å². The molecule has 1 aliphatic heterocycles. The highest BCUT2D eigenvalue weighted by atomic mass is 16.1. The molecule has 0 spiro atoms. The van der Waals surface area contributed by atoms with Crippen LogP contribution in [0.2, 0.25) is 0 Å². The number of carbonyl (C=O) groups excluding carboxylic acids is 1. The fourth-order valence-corrected chi connectivity index (χ4v) is 3.95. The molecular weight excluding hydrogens is 384 g/mol. The van der Waals surface area contributed by atoms with Gasteiger partial charge in [-0.3, -0.25) is 4.79 Å². The first-order valence-corrected chi connectivity index (χ1v) is 11.0. The molecule has 1 amide bonds. The summed E-state index contributed by atoms with van der Waals surface area (Å²) in [5.41, 5.74) is 5.46. The van der Waals surface area contributed by atoms with E-state index >= 15 is 0 Å². The van der Waals surface area contributed by atoms with Crippen LogP contribution in [0.1, 0.15) is 43.7 Å². The minimum Gasteiger partial charge on any atom is -0.340 e. The molecule has 2 aromatic carbocycles. The predicted molar refractivity (Wildman–Crippen MR) is 126 cm³/mol. The zero-order chi connectivity index (χ0) is 21.8. The molecule has 5 heteroatoms. The van der Waals surface area contributed by atoms with Crippen molar-refractivity contribution in [3.8, 4) is 11.1 Å². The number of nitrogens with one attached hydrogen (secondary N) is 1. The second-order valence-electron chi connectivity index (χ2n) is 8.69. The van der Waals surface area contributed by atoms with Gasteiger partial charge in [0.15, 0.2) is 0 Å². The van der Waals surface area contributed by atoms with Crippen LogP contribution in [0.3, 0.4) is 0 Å². The van der Waals surface area contributed by atoms with Crippen molar-refractivity contribution in [1.82, 2.24) is 9.97 Å². The van der Waals surface area contributed by atoms with E-state index in [1.807, 2.05) is 24.5 Å². The number of nitrogens with zero attached hydrogens (tertiary/aromatic N) is 3. The Balaban J connectivity index is 1.39. The fraction of sp³-hybridized carbons (Fsp3) is 0.346. The maximum atomic E-state index is 12.9. The molecule has 0 bridgehead atoms. The van der Waals surface area contributed by atoms with Crippen molar-refractivity contribution < 1.29 is 4.79 Å². The van der Waals surface area contributed by atoms with Gasteiger partial charge in [-0.05, 0) is 48.9 Å². The summed E-state index contributed by atoms with van der Waals surface area (Å²) in [6.07, 6.45) is 5.57. The van der Waals surface area contributed by atoms with Crippen molar-refractivity contribution in [2.75, 3.05) is 23.3 Å². The maximum absolute atomic E-state index is 12.9. The highest BCUT2D eigenvalue weighted by Gasteiger charge is 2.27. The topological polar surface area (TPSA) is 58.1 Å². The number of rotatable bonds is 5. The van der Waals surface area contributed by atoms with Crippen LogP contribution in [-0.2, 0) is 4.79 Å². The van der Waals surface area contributed by atoms with Gasteiger partial charge in [0.25, 0.3) is 0 Å². The number of aromatic nitrogens is 2. The Morgan fingerprint density at radius 1 is 1.00 bits per heavy atom. The van der Waals surface area contributed by atoms with Crippen molar-refractivity contribution in [1.29, 1.82) is 0 Å². The summed E-state index contributed by atoms with van der Waals surface area (Å²) in [5.74, 6) is 1.17. The van der Waals surface area contributed by atoms with Gasteiger partial charge in [0.1, 0.15) is 0 Å². The van der Waals surface area contributed by atoms with Crippen molar-refractivity contribution in [3.05, 3.63) is 72.1 Å². The smallest absolute Gasteiger partial charge is 0.229 e. The van der Waals surface area contributed by atoms with E-state index in [0.29, 0.717) is 18.4 Å². The second-order valence-corrected chi connectivity index (χ2v) is 8.69. The summed E-state index contributed by atoms with van der Waals surface area (Å²) in [7, 11) is 0. The number of piperidine rings is 1. The third-order valence-electron chi connectivity index (χ3n) is 5.94. The molecule has 4 rings (SSSR count). The first-order chi connectivity index (χ1) is 15.0. The van der Waals surface area contributed by atoms with Gasteiger partial charge in [0.2, 0.25) is 11.9 Å². The zero-order valence-electron chi connectivity index (χ0n) is 18.5. The van der Waals surface area contributed by atoms with Gasteiger partial charge in [0, 0.05) is 36.7 Å². The fourth-order valence-electron chi connectivity index (χ4n) is 3.95. The quantitative estimate of drug-likeness (QED) is 0.605. The van der Waals surface area contributed by atoms with E-state index in [0.717, 1.165) is 36.2 Å². The molecule has 3 aromatic rings. The molecular formula is C26H30N4O. The number of amides is 1. The van der Waals surface area contributed by atoms with Crippen LogP contribution < -0.4 is 10.2 Å². The highest BCUT2D eigenvalue weighted by Crippen LogP contribution is 2.24. The SMILES string of the molecule is Cc1ccc(-c2cnc(N3CCC[C@@H](C(=O)Nc4ccc(C(C)C)cc4)C3)nc2)cc1. The van der Waals surface area contributed by atoms with Gasteiger partial charge in [-0.2, -0.15) is 0 Å². The van der Waals surface area contributed by atoms with Crippen LogP contribution in [0.25, 0.3) is 11.1 Å². The maximum Gasteiger partial charge on any atom is 0.229 e. The lowest BCUT2D eigenvalue weighted by atomic mass is 9.97. The molecule has 1 saturated heterocycles. The van der Waals surface area contributed by atoms with Crippen LogP contribution in [0.15, 0.2) is 60.9 Å². The van der Waals surface area contributed by atoms with E-state index < -0.39 is 0 Å². The summed E-state index contributed by atoms with van der Waals surface area (Å²) < 4.78 is 0. The first-order valence-electron chi connectivity index (χ1n) is 11.0. The molecule has 31 heavy (non-hydrogen) atoms. The van der Waals surface area contributed by atoms with Gasteiger partial charge in [-0.15, -0.1) is 0 Å². The van der Waals surface area contributed by atoms with Crippen molar-refractivity contribution >= 4 is 17.5 Å². The Kier molecular flexibility index (Phi) is 6.31. The Bertz CT molecular complexity index is 1010. The normalized spacial score (nSPS) is 16.4. The number of anilines is 2. The summed E-state index contributed by atoms with van der Waals surface area (Å²) in [4.78, 5) is 24.1. The Labute approximate surface area is 184 Å². The van der Waals surface area contributed by atoms with E-state index in [4.69, 9.17) is 0 Å². The Morgan fingerprint density at radius 2 is 1.68 bits per heavy atom. The zero-order valence-corrected chi connectivity index (χ0v) is 18.5. The van der Waals surface area contributed by atoms with E-state index in [2.05, 4.69) is 77.4 Å². The molecule has 5 nitrogen and oxygen atoms in total. The third-order valence-corrected chi connectivity index (χ3v) is 5.94. The molecule has 1 aromatic heterocycles. The van der Waals surface area contributed by atoms with Gasteiger partial charge in [-0.1, -0.05) is 55.8 Å². The minimum atomic E-state index is -0.0705. The van der Waals surface area contributed by atoms with Crippen molar-refractivity contribution in [2.24, 2.45) is 5.92 Å². The largest absolute Gasteiger partial charge is 0.340 e. The summed E-state index contributed by atoms with van der Waals surface area (Å²) >= 11 is 0. The van der Waals surface area contributed by atoms with E-state index in [1.54, 1.807) is 0 Å². The third kappa shape index (κ3) is 5.10. The molecule has 1 N–H and O–H groups in total.